The molecule has 4 saturated carbocycles. The Morgan fingerprint density at radius 1 is 0.643 bits per heavy atom. The number of carbonyl (C=O) groups excluding carboxylic acids is 9. The Morgan fingerprint density at radius 2 is 1.28 bits per heavy atom. The van der Waals surface area contributed by atoms with Gasteiger partial charge in [0.1, 0.15) is 95.3 Å². The number of ether oxygens (including phenoxy) is 5. The lowest BCUT2D eigenvalue weighted by Crippen LogP contribution is -2.60. The molecule has 0 unspecified atom stereocenters. The molecule has 6 aromatic rings. The minimum Gasteiger partial charge on any atom is -0.508 e. The molecule has 6 aliphatic heterocycles. The summed E-state index contributed by atoms with van der Waals surface area (Å²) in [5.41, 5.74) is -1.43. The molecule has 31 heteroatoms. The maximum atomic E-state index is 16.5. The van der Waals surface area contributed by atoms with Crippen molar-refractivity contribution in [2.24, 2.45) is 47.3 Å². The largest absolute Gasteiger partial charge is 0.508 e. The van der Waals surface area contributed by atoms with Crippen LogP contribution in [0.4, 0.5) is 10.5 Å². The summed E-state index contributed by atoms with van der Waals surface area (Å²) in [6, 6.07) is 11.9. The molecule has 6 aromatic carbocycles. The number of amides is 7. The van der Waals surface area contributed by atoms with E-state index in [-0.39, 0.29) is 103 Å². The molecule has 14 atom stereocenters. The second-order valence-electron chi connectivity index (χ2n) is 30.7. The molecule has 6 heterocycles. The Labute approximate surface area is 652 Å². The Hall–Kier alpha value is -9.95. The number of hydrogen-bond donors (Lipinski definition) is 15. The highest BCUT2D eigenvalue weighted by Crippen LogP contribution is 2.58. The Kier molecular flexibility index (Phi) is 23.9. The van der Waals surface area contributed by atoms with Crippen LogP contribution in [0.25, 0.3) is 11.1 Å². The minimum atomic E-state index is -2.22. The molecule has 4 aliphatic carbocycles. The number of phenols is 3. The van der Waals surface area contributed by atoms with Gasteiger partial charge in [-0.05, 0) is 187 Å². The van der Waals surface area contributed by atoms with E-state index < -0.39 is 198 Å². The first kappa shape index (κ1) is 80.1. The summed E-state index contributed by atoms with van der Waals surface area (Å²) >= 11 is 14.3. The average molecular weight is 1580 g/mol. The van der Waals surface area contributed by atoms with Crippen molar-refractivity contribution in [3.05, 3.63) is 141 Å². The Balaban J connectivity index is 0.998. The van der Waals surface area contributed by atoms with E-state index in [0.717, 1.165) is 68.5 Å². The van der Waals surface area contributed by atoms with Gasteiger partial charge in [-0.2, -0.15) is 0 Å². The van der Waals surface area contributed by atoms with Gasteiger partial charge in [-0.1, -0.05) is 62.2 Å². The number of carbonyl (C=O) groups is 9. The SMILES string of the molecule is CC[C@H](CC(C)C)C(=O)N[C@H]1C(=O)C[C@@H](CC(=O)NC(=O)Nc2ccc(OC)cc2)C(=O)N[C@H]2C(=O)C[C@@H]3C(=O)N[C@H](C(=O)N[C@H](C(=O)CC4C5CC6CC(C5)CC4C6)c4cc(O)cc(O)c4-c4cc3ccc4O)[C@H](O)c3ccc(c(Cl)c3)Oc3cc2cc(c3O[C@@H]2O[C@H](CO)[C@@H](O)[C@H](O)[C@H]2O)Oc2ccc(cc2Cl)[C@H]1O. The molecule has 594 valence electrons. The summed E-state index contributed by atoms with van der Waals surface area (Å²) in [6.45, 7) is 4.55. The zero-order valence-electron chi connectivity index (χ0n) is 61.3. The topological polar surface area (TPSA) is 454 Å². The normalized spacial score (nSPS) is 28.5. The quantitative estimate of drug-likeness (QED) is 0.0461. The summed E-state index contributed by atoms with van der Waals surface area (Å²) in [5, 5.41) is 120. The molecule has 15 bridgehead atoms. The minimum absolute atomic E-state index is 0.0384. The summed E-state index contributed by atoms with van der Waals surface area (Å²) in [4.78, 5) is 138. The Morgan fingerprint density at radius 3 is 1.88 bits per heavy atom. The molecule has 0 spiro atoms. The molecule has 15 N–H and O–H groups in total. The van der Waals surface area contributed by atoms with E-state index in [2.05, 4.69) is 31.9 Å². The number of halogens is 2. The van der Waals surface area contributed by atoms with Gasteiger partial charge < -0.3 is 96.2 Å². The highest BCUT2D eigenvalue weighted by atomic mass is 35.5. The molecule has 29 nitrogen and oxygen atoms in total. The van der Waals surface area contributed by atoms with Crippen molar-refractivity contribution in [1.82, 2.24) is 26.6 Å². The number of rotatable bonds is 15. The molecule has 7 amide bonds. The molecule has 0 aromatic heterocycles. The van der Waals surface area contributed by atoms with Gasteiger partial charge >= 0.3 is 6.03 Å². The predicted molar refractivity (Wildman–Crippen MR) is 400 cm³/mol. The third-order valence-corrected chi connectivity index (χ3v) is 23.3. The lowest BCUT2D eigenvalue weighted by atomic mass is 9.51. The lowest BCUT2D eigenvalue weighted by Gasteiger charge is -2.54. The van der Waals surface area contributed by atoms with Gasteiger partial charge in [0.05, 0.1) is 35.6 Å². The molecule has 10 aliphatic rings. The number of aliphatic hydroxyl groups is 6. The number of imide groups is 1. The van der Waals surface area contributed by atoms with Crippen LogP contribution in [0.1, 0.15) is 149 Å². The fourth-order valence-corrected chi connectivity index (χ4v) is 17.7. The first-order valence-corrected chi connectivity index (χ1v) is 38.1. The van der Waals surface area contributed by atoms with Crippen molar-refractivity contribution in [2.75, 3.05) is 19.0 Å². The molecular weight excluding hydrogens is 1500 g/mol. The standard InChI is InChI=1S/C81H88Cl2N6O23/c1-5-37(16-34(2)3)76(103)88-68-56(94)25-44(28-64(97)85-81(107)84-45-9-11-47(108-4)12-10-45)77(104)86-66-43-26-61(109-59-14-7-39(70(68)98)23-52(59)82)75(112-80-74(102)73(101)72(100)63(33-90)111-80)62(27-43)110-60-15-8-40(24-53(60)83)71(99)69-79(106)87-67(58(96)31-48-41-18-35-17-36(20-41)21-42(48)19-35)51-29-46(91)30-55(93)65(51)50-22-38(6-13-54(50)92)49(32-57(66)95)78(105)89-69/h6-15,22-24,26-27,29-30,34-37,41-42,44,48-49,63,66-74,80,90-93,98-102H,5,16-21,25,28,31-33H2,1-4H3,(H,86,104)(H,87,106)(H,88,103)(H,89,105)(H2,84,85,97,107)/t35?,36?,37-,41?,42?,44+,48?,49+,63-,66-,67+,68+,69+,70-,71-,72-,73+,74-,80+/m1/s1. The number of nitrogens with one attached hydrogen (secondary N) is 6. The third kappa shape index (κ3) is 16.9. The van der Waals surface area contributed by atoms with Crippen molar-refractivity contribution >= 4 is 81.8 Å². The van der Waals surface area contributed by atoms with Gasteiger partial charge in [0, 0.05) is 54.5 Å². The summed E-state index contributed by atoms with van der Waals surface area (Å²) in [5.74, 6) is -15.6. The van der Waals surface area contributed by atoms with Gasteiger partial charge in [0.15, 0.2) is 28.8 Å². The van der Waals surface area contributed by atoms with E-state index in [0.29, 0.717) is 24.0 Å². The number of hydrogen-bond acceptors (Lipinski definition) is 23. The fourth-order valence-electron chi connectivity index (χ4n) is 17.2. The van der Waals surface area contributed by atoms with Crippen LogP contribution in [0.15, 0.2) is 103 Å². The fraction of sp³-hybridized carbons (Fsp3) is 0.444. The number of phenolic OH excluding ortho intramolecular Hbond substituents is 3. The van der Waals surface area contributed by atoms with Gasteiger partial charge in [0.25, 0.3) is 0 Å². The lowest BCUT2D eigenvalue weighted by molar-refractivity contribution is -0.277. The van der Waals surface area contributed by atoms with E-state index in [1.165, 1.54) is 73.8 Å². The van der Waals surface area contributed by atoms with E-state index in [1.54, 1.807) is 6.92 Å². The molecular formula is C81H88Cl2N6O23. The summed E-state index contributed by atoms with van der Waals surface area (Å²) < 4.78 is 30.7. The van der Waals surface area contributed by atoms with Crippen LogP contribution in [0.5, 0.6) is 51.7 Å². The molecule has 16 rings (SSSR count). The van der Waals surface area contributed by atoms with Crippen LogP contribution in [-0.4, -0.2) is 155 Å². The van der Waals surface area contributed by atoms with Crippen molar-refractivity contribution in [1.29, 1.82) is 0 Å². The van der Waals surface area contributed by atoms with Gasteiger partial charge in [-0.25, -0.2) is 4.79 Å². The number of anilines is 1. The van der Waals surface area contributed by atoms with Crippen LogP contribution in [0, 0.1) is 47.3 Å². The van der Waals surface area contributed by atoms with Crippen LogP contribution in [-0.2, 0) is 43.1 Å². The number of aromatic hydroxyl groups is 3. The van der Waals surface area contributed by atoms with Crippen molar-refractivity contribution in [3.8, 4) is 62.9 Å². The van der Waals surface area contributed by atoms with E-state index in [1.807, 2.05) is 13.8 Å². The second-order valence-corrected chi connectivity index (χ2v) is 31.5. The maximum Gasteiger partial charge on any atom is 0.325 e. The van der Waals surface area contributed by atoms with E-state index in [4.69, 9.17) is 46.9 Å². The van der Waals surface area contributed by atoms with Crippen LogP contribution >= 0.6 is 23.2 Å². The third-order valence-electron chi connectivity index (χ3n) is 22.8. The number of ketones is 3. The number of methoxy groups -OCH3 is 1. The first-order valence-electron chi connectivity index (χ1n) is 37.3. The van der Waals surface area contributed by atoms with Crippen LogP contribution in [0.2, 0.25) is 10.0 Å². The number of benzene rings is 6. The molecule has 1 saturated heterocycles. The zero-order valence-corrected chi connectivity index (χ0v) is 62.9. The smallest absolute Gasteiger partial charge is 0.325 e. The molecule has 112 heavy (non-hydrogen) atoms. The second kappa shape index (κ2) is 33.4. The van der Waals surface area contributed by atoms with E-state index in [9.17, 15) is 60.3 Å². The zero-order chi connectivity index (χ0) is 80.0. The average Bonchev–Trinajstić information content (AvgIpc) is 0.761. The Bertz CT molecular complexity index is 4650. The highest BCUT2D eigenvalue weighted by Gasteiger charge is 2.51. The monoisotopic (exact) mass is 1580 g/mol. The molecule has 5 fully saturated rings. The predicted octanol–water partition coefficient (Wildman–Crippen LogP) is 8.10. The number of fused-ring (bicyclic) bond motifs is 15. The summed E-state index contributed by atoms with van der Waals surface area (Å²) in [6.07, 6.45) is -11.9. The van der Waals surface area contributed by atoms with Crippen molar-refractivity contribution in [3.63, 3.8) is 0 Å². The van der Waals surface area contributed by atoms with E-state index >= 15 is 28.8 Å². The van der Waals surface area contributed by atoms with Crippen molar-refractivity contribution < 1.29 is 113 Å². The maximum absolute atomic E-state index is 16.5. The van der Waals surface area contributed by atoms with Crippen molar-refractivity contribution in [2.45, 2.75) is 164 Å². The molecule has 0 radical (unpaired) electrons. The van der Waals surface area contributed by atoms with Gasteiger partial charge in [-0.15, -0.1) is 0 Å². The number of urea groups is 1. The summed E-state index contributed by atoms with van der Waals surface area (Å²) in [7, 11) is 1.42. The first-order chi connectivity index (χ1) is 53.4. The number of aliphatic hydroxyl groups excluding tert-OH is 6. The number of Topliss-reactive ketones (excluding diaryl/α,β-unsaturated/α-hetero) is 3. The highest BCUT2D eigenvalue weighted by molar-refractivity contribution is 6.32. The van der Waals surface area contributed by atoms with Crippen LogP contribution < -0.4 is 50.8 Å². The van der Waals surface area contributed by atoms with Gasteiger partial charge in [0.2, 0.25) is 41.6 Å². The van der Waals surface area contributed by atoms with Crippen LogP contribution in [0.3, 0.4) is 0 Å². The van der Waals surface area contributed by atoms with Gasteiger partial charge in [-0.3, -0.25) is 43.7 Å².